The number of fused-ring (bicyclic) bond motifs is 2. The average molecular weight is 547 g/mol. The van der Waals surface area contributed by atoms with E-state index >= 15 is 0 Å². The molecule has 4 rings (SSSR count). The summed E-state index contributed by atoms with van der Waals surface area (Å²) in [6.07, 6.45) is 0.0794. The van der Waals surface area contributed by atoms with Crippen LogP contribution in [-0.4, -0.2) is 42.8 Å². The summed E-state index contributed by atoms with van der Waals surface area (Å²) < 4.78 is 74.2. The molecule has 1 aliphatic heterocycles. The molecular weight excluding hydrogens is 528 g/mol. The molecule has 0 amide bonds. The Morgan fingerprint density at radius 2 is 1.59 bits per heavy atom. The summed E-state index contributed by atoms with van der Waals surface area (Å²) in [5.74, 6) is -2.47. The molecule has 0 bridgehead atoms. The summed E-state index contributed by atoms with van der Waals surface area (Å²) in [6.45, 7) is 1.59. The summed E-state index contributed by atoms with van der Waals surface area (Å²) >= 11 is 0. The maximum Gasteiger partial charge on any atom is 0.336 e. The van der Waals surface area contributed by atoms with Gasteiger partial charge in [-0.2, -0.15) is 16.8 Å². The van der Waals surface area contributed by atoms with Gasteiger partial charge in [0.2, 0.25) is 0 Å². The summed E-state index contributed by atoms with van der Waals surface area (Å²) in [4.78, 5) is 22.6. The number of carboxylic acids is 1. The molecule has 0 fully saturated rings. The van der Waals surface area contributed by atoms with Gasteiger partial charge >= 0.3 is 5.97 Å². The zero-order chi connectivity index (χ0) is 27.4. The third-order valence-electron chi connectivity index (χ3n) is 5.68. The van der Waals surface area contributed by atoms with Gasteiger partial charge in [-0.1, -0.05) is 13.0 Å². The number of Topliss-reactive ketones (excluding diaryl/α,β-unsaturated/α-hetero) is 1. The molecule has 0 radical (unpaired) electrons. The molecule has 0 aromatic heterocycles. The number of rotatable bonds is 6. The summed E-state index contributed by atoms with van der Waals surface area (Å²) in [5, 5.41) is 17.1. The zero-order valence-electron chi connectivity index (χ0n) is 18.8. The number of carbonyl (C=O) groups excluding carboxylic acids is 1. The predicted octanol–water partition coefficient (Wildman–Crippen LogP) is 3.05. The molecule has 0 unspecified atom stereocenters. The molecule has 0 spiro atoms. The maximum absolute atomic E-state index is 12.4. The lowest BCUT2D eigenvalue weighted by Gasteiger charge is -2.20. The molecule has 2 aromatic carbocycles. The van der Waals surface area contributed by atoms with E-state index in [0.717, 1.165) is 18.2 Å². The van der Waals surface area contributed by atoms with Gasteiger partial charge in [0.05, 0.1) is 16.6 Å². The van der Waals surface area contributed by atoms with Crippen LogP contribution in [0.25, 0.3) is 33.4 Å². The number of aromatic carboxylic acids is 1. The van der Waals surface area contributed by atoms with Crippen LogP contribution in [0.15, 0.2) is 56.7 Å². The maximum atomic E-state index is 12.4. The number of anilines is 1. The Bertz CT molecular complexity index is 1890. The molecule has 37 heavy (non-hydrogen) atoms. The summed E-state index contributed by atoms with van der Waals surface area (Å²) in [7, 11) is -10.2. The van der Waals surface area contributed by atoms with Gasteiger partial charge in [-0.05, 0) is 42.0 Å². The fourth-order valence-corrected chi connectivity index (χ4v) is 5.60. The van der Waals surface area contributed by atoms with Gasteiger partial charge in [0, 0.05) is 28.5 Å². The minimum atomic E-state index is -5.13. The van der Waals surface area contributed by atoms with Crippen molar-refractivity contribution in [2.75, 3.05) is 5.73 Å². The topological polar surface area (TPSA) is 226 Å². The Balaban J connectivity index is 2.39. The number of benzene rings is 3. The van der Waals surface area contributed by atoms with Gasteiger partial charge in [0.25, 0.3) is 20.2 Å². The number of nitrogens with two attached hydrogens (primary N) is 1. The van der Waals surface area contributed by atoms with Crippen molar-refractivity contribution < 1.29 is 45.1 Å². The van der Waals surface area contributed by atoms with Crippen molar-refractivity contribution in [1.29, 1.82) is 5.41 Å². The van der Waals surface area contributed by atoms with Gasteiger partial charge in [-0.25, -0.2) is 4.79 Å². The predicted molar refractivity (Wildman–Crippen MR) is 130 cm³/mol. The second kappa shape index (κ2) is 8.77. The number of ketones is 1. The first-order chi connectivity index (χ1) is 17.2. The second-order valence-electron chi connectivity index (χ2n) is 7.95. The van der Waals surface area contributed by atoms with Crippen molar-refractivity contribution in [3.05, 3.63) is 58.9 Å². The lowest BCUT2D eigenvalue weighted by Crippen LogP contribution is -2.16. The molecule has 0 atom stereocenters. The Morgan fingerprint density at radius 3 is 2.16 bits per heavy atom. The van der Waals surface area contributed by atoms with Crippen LogP contribution >= 0.6 is 0 Å². The van der Waals surface area contributed by atoms with Gasteiger partial charge in [0.1, 0.15) is 0 Å². The molecule has 2 aromatic rings. The largest absolute Gasteiger partial charge is 0.478 e. The van der Waals surface area contributed by atoms with Crippen molar-refractivity contribution in [1.82, 2.24) is 0 Å². The highest BCUT2D eigenvalue weighted by Crippen LogP contribution is 2.45. The highest BCUT2D eigenvalue weighted by Gasteiger charge is 2.31. The Kier molecular flexibility index (Phi) is 6.16. The quantitative estimate of drug-likeness (QED) is 0.102. The number of nitrogens with one attached hydrogen (secondary N) is 1. The first-order valence-corrected chi connectivity index (χ1v) is 13.3. The molecule has 1 aliphatic carbocycles. The third kappa shape index (κ3) is 4.35. The average Bonchev–Trinajstić information content (AvgIpc) is 2.79. The lowest BCUT2D eigenvalue weighted by atomic mass is 9.89. The van der Waals surface area contributed by atoms with Crippen molar-refractivity contribution in [2.45, 2.75) is 23.1 Å². The van der Waals surface area contributed by atoms with Crippen LogP contribution in [0, 0.1) is 5.41 Å². The zero-order valence-corrected chi connectivity index (χ0v) is 20.5. The molecule has 0 saturated heterocycles. The number of nitrogen functional groups attached to an aromatic ring is 1. The van der Waals surface area contributed by atoms with E-state index in [9.17, 15) is 40.6 Å². The number of carboxylic acid groups (broad SMARTS) is 1. The smallest absolute Gasteiger partial charge is 0.336 e. The van der Waals surface area contributed by atoms with Gasteiger partial charge in [0.15, 0.2) is 26.9 Å². The monoisotopic (exact) mass is 546 g/mol. The number of carbonyl (C=O) groups is 2. The van der Waals surface area contributed by atoms with Crippen molar-refractivity contribution in [3.8, 4) is 22.5 Å². The Hall–Kier alpha value is -4.11. The van der Waals surface area contributed by atoms with Crippen LogP contribution in [0.4, 0.5) is 5.69 Å². The first kappa shape index (κ1) is 26.0. The van der Waals surface area contributed by atoms with Crippen LogP contribution < -0.4 is 11.1 Å². The SMILES string of the molecule is CCC(=O)c1ccc(C(=O)O)c(-c2c3ccc(=N)c(S(=O)(=O)O)c-3oc3c(S(=O)(=O)O)c(N)ccc23)c1. The third-order valence-corrected chi connectivity index (χ3v) is 7.53. The van der Waals surface area contributed by atoms with E-state index in [4.69, 9.17) is 15.6 Å². The normalized spacial score (nSPS) is 12.2. The lowest BCUT2D eigenvalue weighted by molar-refractivity contribution is 0.0697. The van der Waals surface area contributed by atoms with E-state index in [-0.39, 0.29) is 45.4 Å². The highest BCUT2D eigenvalue weighted by atomic mass is 32.2. The molecule has 2 aliphatic rings. The van der Waals surface area contributed by atoms with Gasteiger partial charge < -0.3 is 15.3 Å². The standard InChI is InChI=1S/C23H18N2O10S2/c1-2-17(26)10-3-4-11(23(27)28)14(9-10)18-12-5-7-15(24)21(36(29,30)31)19(12)35-20-13(18)6-8-16(25)22(20)37(32,33)34/h3-9,24H,2,25H2,1H3,(H,27,28)(H,29,30,31)(H,32,33,34). The van der Waals surface area contributed by atoms with Gasteiger partial charge in [-0.15, -0.1) is 0 Å². The van der Waals surface area contributed by atoms with E-state index in [1.54, 1.807) is 6.92 Å². The van der Waals surface area contributed by atoms with E-state index in [1.165, 1.54) is 24.3 Å². The fourth-order valence-electron chi connectivity index (χ4n) is 4.11. The Morgan fingerprint density at radius 1 is 0.946 bits per heavy atom. The molecule has 192 valence electrons. The number of hydrogen-bond donors (Lipinski definition) is 5. The molecule has 12 nitrogen and oxygen atoms in total. The van der Waals surface area contributed by atoms with Crippen LogP contribution in [0.1, 0.15) is 34.1 Å². The number of hydrogen-bond acceptors (Lipinski definition) is 9. The Labute approximate surface area is 209 Å². The molecule has 0 saturated carbocycles. The van der Waals surface area contributed by atoms with E-state index in [0.29, 0.717) is 0 Å². The fraction of sp³-hybridized carbons (Fsp3) is 0.0870. The second-order valence-corrected chi connectivity index (χ2v) is 10.7. The van der Waals surface area contributed by atoms with Crippen LogP contribution in [0.5, 0.6) is 0 Å². The van der Waals surface area contributed by atoms with Gasteiger partial charge in [-0.3, -0.25) is 19.3 Å². The first-order valence-electron chi connectivity index (χ1n) is 10.4. The minimum absolute atomic E-state index is 0.0794. The summed E-state index contributed by atoms with van der Waals surface area (Å²) in [5.41, 5.74) is 4.05. The van der Waals surface area contributed by atoms with Crippen LogP contribution in [-0.2, 0) is 20.2 Å². The van der Waals surface area contributed by atoms with E-state index < -0.39 is 58.4 Å². The minimum Gasteiger partial charge on any atom is -0.478 e. The van der Waals surface area contributed by atoms with Crippen LogP contribution in [0.2, 0.25) is 0 Å². The van der Waals surface area contributed by atoms with Crippen LogP contribution in [0.3, 0.4) is 0 Å². The summed E-state index contributed by atoms with van der Waals surface area (Å²) in [6, 6.07) is 8.30. The van der Waals surface area contributed by atoms with Crippen molar-refractivity contribution in [2.24, 2.45) is 0 Å². The molecule has 14 heteroatoms. The van der Waals surface area contributed by atoms with E-state index in [1.807, 2.05) is 0 Å². The van der Waals surface area contributed by atoms with Crippen molar-refractivity contribution >= 4 is 48.6 Å². The molecule has 6 N–H and O–H groups in total. The van der Waals surface area contributed by atoms with Crippen molar-refractivity contribution in [3.63, 3.8) is 0 Å². The molecular formula is C23H18N2O10S2. The van der Waals surface area contributed by atoms with E-state index in [2.05, 4.69) is 0 Å². The highest BCUT2D eigenvalue weighted by molar-refractivity contribution is 7.86. The molecule has 1 heterocycles.